The number of aliphatic hydroxyl groups excluding tert-OH is 1. The van der Waals surface area contributed by atoms with Crippen LogP contribution in [0.3, 0.4) is 0 Å². The third-order valence-corrected chi connectivity index (χ3v) is 2.88. The summed E-state index contributed by atoms with van der Waals surface area (Å²) in [4.78, 5) is 21.8. The molecule has 1 aromatic rings. The molecule has 1 aromatic carbocycles. The molecule has 19 heavy (non-hydrogen) atoms. The van der Waals surface area contributed by atoms with Gasteiger partial charge in [0.2, 0.25) is 5.91 Å². The summed E-state index contributed by atoms with van der Waals surface area (Å²) < 4.78 is 0. The van der Waals surface area contributed by atoms with Crippen LogP contribution in [0, 0.1) is 17.0 Å². The lowest BCUT2D eigenvalue weighted by Crippen LogP contribution is -2.24. The number of carbonyl (C=O) groups excluding carboxylic acids is 1. The van der Waals surface area contributed by atoms with Crippen molar-refractivity contribution in [3.63, 3.8) is 0 Å². The van der Waals surface area contributed by atoms with Gasteiger partial charge < -0.3 is 10.4 Å². The maximum absolute atomic E-state index is 11.5. The highest BCUT2D eigenvalue weighted by Gasteiger charge is 2.13. The van der Waals surface area contributed by atoms with Crippen LogP contribution in [0.4, 0.5) is 5.69 Å². The van der Waals surface area contributed by atoms with E-state index in [2.05, 4.69) is 5.32 Å². The van der Waals surface area contributed by atoms with Gasteiger partial charge in [0.25, 0.3) is 5.69 Å². The number of nitro benzene ring substituents is 1. The van der Waals surface area contributed by atoms with Crippen LogP contribution in [-0.2, 0) is 11.3 Å². The Morgan fingerprint density at radius 2 is 2.21 bits per heavy atom. The number of benzene rings is 1. The van der Waals surface area contributed by atoms with Crippen molar-refractivity contribution in [1.29, 1.82) is 0 Å². The summed E-state index contributed by atoms with van der Waals surface area (Å²) in [5.41, 5.74) is 1.33. The van der Waals surface area contributed by atoms with Gasteiger partial charge in [0.05, 0.1) is 11.0 Å². The second-order valence-electron chi connectivity index (χ2n) is 4.48. The predicted molar refractivity (Wildman–Crippen MR) is 70.6 cm³/mol. The Labute approximate surface area is 111 Å². The van der Waals surface area contributed by atoms with E-state index in [0.717, 1.165) is 5.56 Å². The average molecular weight is 266 g/mol. The van der Waals surface area contributed by atoms with E-state index in [9.17, 15) is 14.9 Å². The molecule has 6 heteroatoms. The zero-order valence-electron chi connectivity index (χ0n) is 11.0. The van der Waals surface area contributed by atoms with Crippen LogP contribution in [0.25, 0.3) is 0 Å². The Kier molecular flexibility index (Phi) is 5.44. The summed E-state index contributed by atoms with van der Waals surface area (Å²) in [5, 5.41) is 22.5. The first kappa shape index (κ1) is 15.1. The first-order chi connectivity index (χ1) is 8.91. The van der Waals surface area contributed by atoms with Crippen molar-refractivity contribution in [2.24, 2.45) is 0 Å². The third kappa shape index (κ3) is 4.67. The number of nitro groups is 1. The van der Waals surface area contributed by atoms with E-state index in [1.165, 1.54) is 6.07 Å². The van der Waals surface area contributed by atoms with Crippen LogP contribution in [-0.4, -0.2) is 22.0 Å². The predicted octanol–water partition coefficient (Wildman–Crippen LogP) is 1.68. The van der Waals surface area contributed by atoms with Crippen LogP contribution < -0.4 is 5.32 Å². The molecule has 0 saturated carbocycles. The van der Waals surface area contributed by atoms with Gasteiger partial charge in [-0.05, 0) is 25.8 Å². The lowest BCUT2D eigenvalue weighted by atomic mass is 10.1. The van der Waals surface area contributed by atoms with Gasteiger partial charge in [-0.25, -0.2) is 0 Å². The van der Waals surface area contributed by atoms with E-state index < -0.39 is 11.0 Å². The molecule has 1 amide bonds. The Hall–Kier alpha value is -1.95. The molecule has 0 fully saturated rings. The minimum atomic E-state index is -0.509. The molecule has 0 aromatic heterocycles. The molecule has 0 saturated heterocycles. The van der Waals surface area contributed by atoms with Crippen LogP contribution in [0.5, 0.6) is 0 Å². The zero-order chi connectivity index (χ0) is 14.4. The van der Waals surface area contributed by atoms with Gasteiger partial charge in [0, 0.05) is 24.6 Å². The third-order valence-electron chi connectivity index (χ3n) is 2.88. The molecule has 0 radical (unpaired) electrons. The number of carbonyl (C=O) groups is 1. The molecule has 0 heterocycles. The maximum Gasteiger partial charge on any atom is 0.272 e. The highest BCUT2D eigenvalue weighted by Crippen LogP contribution is 2.20. The van der Waals surface area contributed by atoms with Gasteiger partial charge in [0.15, 0.2) is 0 Å². The van der Waals surface area contributed by atoms with Gasteiger partial charge in [-0.2, -0.15) is 0 Å². The van der Waals surface area contributed by atoms with Crippen molar-refractivity contribution in [2.45, 2.75) is 39.3 Å². The standard InChI is InChI=1S/C13H18N2O4/c1-9(16)6-7-13(17)14-8-11-4-3-5-12(10(11)2)15(18)19/h3-5,9,16H,6-8H2,1-2H3,(H,14,17). The topological polar surface area (TPSA) is 92.5 Å². The number of hydrogen-bond acceptors (Lipinski definition) is 4. The number of nitrogens with one attached hydrogen (secondary N) is 1. The lowest BCUT2D eigenvalue weighted by Gasteiger charge is -2.09. The quantitative estimate of drug-likeness (QED) is 0.605. The highest BCUT2D eigenvalue weighted by molar-refractivity contribution is 5.75. The van der Waals surface area contributed by atoms with Crippen molar-refractivity contribution in [3.8, 4) is 0 Å². The molecule has 1 rings (SSSR count). The Morgan fingerprint density at radius 1 is 1.53 bits per heavy atom. The normalized spacial score (nSPS) is 11.9. The fraction of sp³-hybridized carbons (Fsp3) is 0.462. The van der Waals surface area contributed by atoms with Crippen molar-refractivity contribution in [2.75, 3.05) is 0 Å². The van der Waals surface area contributed by atoms with Crippen molar-refractivity contribution < 1.29 is 14.8 Å². The first-order valence-corrected chi connectivity index (χ1v) is 6.09. The van der Waals surface area contributed by atoms with Gasteiger partial charge in [0.1, 0.15) is 0 Å². The van der Waals surface area contributed by atoms with Gasteiger partial charge >= 0.3 is 0 Å². The SMILES string of the molecule is Cc1c(CNC(=O)CCC(C)O)cccc1[N+](=O)[O-]. The van der Waals surface area contributed by atoms with Gasteiger partial charge in [-0.1, -0.05) is 12.1 Å². The summed E-state index contributed by atoms with van der Waals surface area (Å²) in [5.74, 6) is -0.174. The number of hydrogen-bond donors (Lipinski definition) is 2. The van der Waals surface area contributed by atoms with Crippen LogP contribution in [0.2, 0.25) is 0 Å². The number of amides is 1. The Balaban J connectivity index is 2.61. The lowest BCUT2D eigenvalue weighted by molar-refractivity contribution is -0.385. The van der Waals surface area contributed by atoms with E-state index in [1.54, 1.807) is 26.0 Å². The van der Waals surface area contributed by atoms with E-state index in [0.29, 0.717) is 12.0 Å². The molecule has 0 aliphatic heterocycles. The van der Waals surface area contributed by atoms with Crippen molar-refractivity contribution in [3.05, 3.63) is 39.4 Å². The maximum atomic E-state index is 11.5. The molecule has 0 spiro atoms. The fourth-order valence-corrected chi connectivity index (χ4v) is 1.68. The zero-order valence-corrected chi connectivity index (χ0v) is 11.0. The summed E-state index contributed by atoms with van der Waals surface area (Å²) in [6.45, 7) is 3.54. The monoisotopic (exact) mass is 266 g/mol. The molecule has 2 N–H and O–H groups in total. The van der Waals surface area contributed by atoms with Crippen LogP contribution in [0.1, 0.15) is 30.9 Å². The summed E-state index contributed by atoms with van der Waals surface area (Å²) in [6, 6.07) is 4.79. The summed E-state index contributed by atoms with van der Waals surface area (Å²) in [7, 11) is 0. The molecule has 0 bridgehead atoms. The smallest absolute Gasteiger partial charge is 0.272 e. The molecular weight excluding hydrogens is 248 g/mol. The molecule has 0 aliphatic carbocycles. The van der Waals surface area contributed by atoms with Gasteiger partial charge in [-0.15, -0.1) is 0 Å². The minimum absolute atomic E-state index is 0.0516. The highest BCUT2D eigenvalue weighted by atomic mass is 16.6. The van der Waals surface area contributed by atoms with E-state index in [-0.39, 0.29) is 24.6 Å². The van der Waals surface area contributed by atoms with Crippen LogP contribution in [0.15, 0.2) is 18.2 Å². The number of rotatable bonds is 6. The Bertz CT molecular complexity index is 472. The molecule has 6 nitrogen and oxygen atoms in total. The summed E-state index contributed by atoms with van der Waals surface area (Å²) >= 11 is 0. The molecule has 0 aliphatic rings. The largest absolute Gasteiger partial charge is 0.393 e. The number of aliphatic hydroxyl groups is 1. The molecule has 1 atom stereocenters. The molecule has 104 valence electrons. The van der Waals surface area contributed by atoms with Crippen molar-refractivity contribution in [1.82, 2.24) is 5.32 Å². The van der Waals surface area contributed by atoms with E-state index >= 15 is 0 Å². The van der Waals surface area contributed by atoms with Crippen molar-refractivity contribution >= 4 is 11.6 Å². The Morgan fingerprint density at radius 3 is 2.79 bits per heavy atom. The summed E-state index contributed by atoms with van der Waals surface area (Å²) in [6.07, 6.45) is 0.135. The minimum Gasteiger partial charge on any atom is -0.393 e. The number of nitrogens with zero attached hydrogens (tertiary/aromatic N) is 1. The first-order valence-electron chi connectivity index (χ1n) is 6.09. The molecular formula is C13H18N2O4. The second kappa shape index (κ2) is 6.84. The molecule has 1 unspecified atom stereocenters. The van der Waals surface area contributed by atoms with E-state index in [4.69, 9.17) is 5.11 Å². The second-order valence-corrected chi connectivity index (χ2v) is 4.48. The van der Waals surface area contributed by atoms with Gasteiger partial charge in [-0.3, -0.25) is 14.9 Å². The van der Waals surface area contributed by atoms with Crippen LogP contribution >= 0.6 is 0 Å². The fourth-order valence-electron chi connectivity index (χ4n) is 1.68. The van der Waals surface area contributed by atoms with E-state index in [1.807, 2.05) is 0 Å². The average Bonchev–Trinajstić information content (AvgIpc) is 2.34.